The van der Waals surface area contributed by atoms with Crippen LogP contribution in [-0.4, -0.2) is 49.6 Å². The predicted molar refractivity (Wildman–Crippen MR) is 62.2 cm³/mol. The monoisotopic (exact) mass is 280 g/mol. The zero-order valence-corrected chi connectivity index (χ0v) is 10.7. The number of hydrogen-bond donors (Lipinski definition) is 3. The van der Waals surface area contributed by atoms with E-state index in [-0.39, 0.29) is 12.4 Å². The van der Waals surface area contributed by atoms with Gasteiger partial charge in [0.15, 0.2) is 5.84 Å². The molecule has 0 aromatic heterocycles. The molecule has 4 N–H and O–H groups in total. The summed E-state index contributed by atoms with van der Waals surface area (Å²) < 4.78 is 30.8. The third-order valence-corrected chi connectivity index (χ3v) is 4.10. The summed E-state index contributed by atoms with van der Waals surface area (Å²) in [6.45, 7) is 0.188. The largest absolute Gasteiger partial charge is 0.452 e. The first-order valence-corrected chi connectivity index (χ1v) is 6.71. The van der Waals surface area contributed by atoms with E-state index in [0.29, 0.717) is 12.8 Å². The molecule has 0 saturated carbocycles. The van der Waals surface area contributed by atoms with Crippen molar-refractivity contribution in [2.24, 2.45) is 10.9 Å². The van der Waals surface area contributed by atoms with E-state index in [1.54, 1.807) is 4.72 Å². The van der Waals surface area contributed by atoms with Crippen molar-refractivity contribution in [1.82, 2.24) is 9.03 Å². The minimum atomic E-state index is -4.06. The molecule has 0 aromatic rings. The minimum absolute atomic E-state index is 0.188. The average Bonchev–Trinajstić information content (AvgIpc) is 2.37. The molecule has 1 saturated heterocycles. The van der Waals surface area contributed by atoms with Gasteiger partial charge in [-0.1, -0.05) is 11.6 Å². The smallest absolute Gasteiger partial charge is 0.421 e. The lowest BCUT2D eigenvalue weighted by molar-refractivity contribution is 0.176. The van der Waals surface area contributed by atoms with E-state index in [2.05, 4.69) is 9.89 Å². The van der Waals surface area contributed by atoms with Crippen LogP contribution >= 0.6 is 0 Å². The van der Waals surface area contributed by atoms with Gasteiger partial charge in [-0.2, -0.15) is 12.7 Å². The number of oxime groups is 1. The van der Waals surface area contributed by atoms with Crippen molar-refractivity contribution in [3.63, 3.8) is 0 Å². The number of nitrogens with zero attached hydrogens (tertiary/aromatic N) is 2. The Morgan fingerprint density at radius 3 is 2.78 bits per heavy atom. The normalized spacial score (nSPS) is 22.5. The second kappa shape index (κ2) is 5.87. The first-order chi connectivity index (χ1) is 8.42. The number of amidine groups is 1. The molecule has 0 aliphatic carbocycles. The summed E-state index contributed by atoms with van der Waals surface area (Å²) in [4.78, 5) is 11.0. The number of carbonyl (C=O) groups is 1. The van der Waals surface area contributed by atoms with E-state index in [0.717, 1.165) is 17.8 Å². The molecule has 1 amide bonds. The Morgan fingerprint density at radius 1 is 1.56 bits per heavy atom. The molecule has 10 heteroatoms. The van der Waals surface area contributed by atoms with E-state index in [1.165, 1.54) is 0 Å². The summed E-state index contributed by atoms with van der Waals surface area (Å²) in [5.74, 6) is -0.204. The summed E-state index contributed by atoms with van der Waals surface area (Å²) in [7, 11) is -3.00. The van der Waals surface area contributed by atoms with Gasteiger partial charge in [0, 0.05) is 6.54 Å². The number of ether oxygens (including phenoxy) is 1. The van der Waals surface area contributed by atoms with Crippen molar-refractivity contribution in [1.29, 1.82) is 0 Å². The Labute approximate surface area is 105 Å². The highest BCUT2D eigenvalue weighted by molar-refractivity contribution is 7.87. The van der Waals surface area contributed by atoms with Crippen LogP contribution in [0.15, 0.2) is 5.16 Å². The summed E-state index contributed by atoms with van der Waals surface area (Å²) in [6.07, 6.45) is 0.735. The molecule has 1 aliphatic heterocycles. The van der Waals surface area contributed by atoms with Crippen molar-refractivity contribution in [3.8, 4) is 0 Å². The lowest BCUT2D eigenvalue weighted by Gasteiger charge is -2.33. The first kappa shape index (κ1) is 14.5. The second-order valence-electron chi connectivity index (χ2n) is 3.75. The molecular formula is C8H16N4O5S. The molecule has 1 atom stereocenters. The second-order valence-corrected chi connectivity index (χ2v) is 5.37. The Kier molecular flexibility index (Phi) is 4.73. The van der Waals surface area contributed by atoms with Crippen molar-refractivity contribution in [2.45, 2.75) is 25.3 Å². The maximum Gasteiger partial charge on any atom is 0.421 e. The number of carbonyl (C=O) groups excluding carboxylic acids is 1. The quantitative estimate of drug-likeness (QED) is 0.268. The zero-order valence-electron chi connectivity index (χ0n) is 9.87. The van der Waals surface area contributed by atoms with Crippen LogP contribution in [0.5, 0.6) is 0 Å². The maximum absolute atomic E-state index is 11.9. The van der Waals surface area contributed by atoms with Crippen molar-refractivity contribution in [3.05, 3.63) is 0 Å². The van der Waals surface area contributed by atoms with Crippen LogP contribution in [0, 0.1) is 0 Å². The molecule has 1 unspecified atom stereocenters. The summed E-state index contributed by atoms with van der Waals surface area (Å²) in [5.41, 5.74) is 5.45. The first-order valence-electron chi connectivity index (χ1n) is 5.27. The minimum Gasteiger partial charge on any atom is -0.452 e. The molecule has 1 rings (SSSR count). The van der Waals surface area contributed by atoms with E-state index >= 15 is 0 Å². The SMILES string of the molecule is COC(=O)NS(=O)(=O)N1CCCCC1C(N)=NO. The van der Waals surface area contributed by atoms with E-state index in [1.807, 2.05) is 0 Å². The van der Waals surface area contributed by atoms with Crippen molar-refractivity contribution >= 4 is 22.1 Å². The topological polar surface area (TPSA) is 134 Å². The number of methoxy groups -OCH3 is 1. The highest BCUT2D eigenvalue weighted by atomic mass is 32.2. The van der Waals surface area contributed by atoms with Crippen LogP contribution in [0.1, 0.15) is 19.3 Å². The Morgan fingerprint density at radius 2 is 2.22 bits per heavy atom. The standard InChI is InChI=1S/C8H16N4O5S/c1-17-8(13)11-18(15,16)12-5-3-2-4-6(12)7(9)10-14/h6,14H,2-5H2,1H3,(H2,9,10)(H,11,13). The fraction of sp³-hybridized carbons (Fsp3) is 0.750. The van der Waals surface area contributed by atoms with Crippen LogP contribution in [0.2, 0.25) is 0 Å². The van der Waals surface area contributed by atoms with Crippen LogP contribution < -0.4 is 10.5 Å². The Hall–Kier alpha value is -1.55. The molecule has 0 radical (unpaired) electrons. The van der Waals surface area contributed by atoms with Gasteiger partial charge in [-0.3, -0.25) is 0 Å². The molecule has 9 nitrogen and oxygen atoms in total. The molecule has 104 valence electrons. The Bertz CT molecular complexity index is 435. The van der Waals surface area contributed by atoms with Gasteiger partial charge in [-0.15, -0.1) is 0 Å². The number of amides is 1. The van der Waals surface area contributed by atoms with E-state index in [4.69, 9.17) is 10.9 Å². The van der Waals surface area contributed by atoms with Gasteiger partial charge in [0.1, 0.15) is 0 Å². The van der Waals surface area contributed by atoms with Crippen LogP contribution in [0.4, 0.5) is 4.79 Å². The number of hydrogen-bond acceptors (Lipinski definition) is 6. The van der Waals surface area contributed by atoms with Gasteiger partial charge in [0.2, 0.25) is 0 Å². The van der Waals surface area contributed by atoms with Crippen LogP contribution in [0.3, 0.4) is 0 Å². The van der Waals surface area contributed by atoms with Crippen LogP contribution in [-0.2, 0) is 14.9 Å². The molecule has 1 aliphatic rings. The predicted octanol–water partition coefficient (Wildman–Crippen LogP) is -0.812. The van der Waals surface area contributed by atoms with Gasteiger partial charge < -0.3 is 15.7 Å². The van der Waals surface area contributed by atoms with Crippen molar-refractivity contribution < 1.29 is 23.2 Å². The number of rotatable bonds is 3. The van der Waals surface area contributed by atoms with E-state index < -0.39 is 22.3 Å². The maximum atomic E-state index is 11.9. The van der Waals surface area contributed by atoms with Gasteiger partial charge >= 0.3 is 16.3 Å². The molecule has 18 heavy (non-hydrogen) atoms. The lowest BCUT2D eigenvalue weighted by Crippen LogP contribution is -2.54. The number of piperidine rings is 1. The molecule has 0 bridgehead atoms. The fourth-order valence-electron chi connectivity index (χ4n) is 1.76. The van der Waals surface area contributed by atoms with Gasteiger partial charge in [0.05, 0.1) is 13.2 Å². The summed E-state index contributed by atoms with van der Waals surface area (Å²) in [5, 5.41) is 11.4. The third kappa shape index (κ3) is 3.23. The molecular weight excluding hydrogens is 264 g/mol. The lowest BCUT2D eigenvalue weighted by atomic mass is 10.0. The summed E-state index contributed by atoms with van der Waals surface area (Å²) >= 11 is 0. The van der Waals surface area contributed by atoms with Gasteiger partial charge in [-0.25, -0.2) is 9.52 Å². The van der Waals surface area contributed by atoms with Crippen molar-refractivity contribution in [2.75, 3.05) is 13.7 Å². The third-order valence-electron chi connectivity index (χ3n) is 2.62. The molecule has 0 aromatic carbocycles. The van der Waals surface area contributed by atoms with Gasteiger partial charge in [0.25, 0.3) is 0 Å². The molecule has 1 heterocycles. The van der Waals surface area contributed by atoms with Gasteiger partial charge in [-0.05, 0) is 12.8 Å². The van der Waals surface area contributed by atoms with E-state index in [9.17, 15) is 13.2 Å². The number of nitrogens with one attached hydrogen (secondary N) is 1. The highest BCUT2D eigenvalue weighted by Crippen LogP contribution is 2.19. The molecule has 1 fully saturated rings. The number of nitrogens with two attached hydrogens (primary N) is 1. The highest BCUT2D eigenvalue weighted by Gasteiger charge is 2.36. The fourth-order valence-corrected chi connectivity index (χ4v) is 3.09. The average molecular weight is 280 g/mol. The Balaban J connectivity index is 2.93. The van der Waals surface area contributed by atoms with Crippen LogP contribution in [0.25, 0.3) is 0 Å². The zero-order chi connectivity index (χ0) is 13.8. The molecule has 0 spiro atoms. The summed E-state index contributed by atoms with van der Waals surface area (Å²) in [6, 6.07) is -0.758.